The molecule has 40 heavy (non-hydrogen) atoms. The van der Waals surface area contributed by atoms with Crippen LogP contribution in [0.25, 0.3) is 10.2 Å². The number of amides is 3. The van der Waals surface area contributed by atoms with E-state index in [9.17, 15) is 14.4 Å². The largest absolute Gasteiger partial charge is 0.336 e. The van der Waals surface area contributed by atoms with Crippen LogP contribution in [-0.2, 0) is 4.79 Å². The summed E-state index contributed by atoms with van der Waals surface area (Å²) in [6, 6.07) is 17.8. The average Bonchev–Trinajstić information content (AvgIpc) is 3.37. The predicted molar refractivity (Wildman–Crippen MR) is 163 cm³/mol. The first-order chi connectivity index (χ1) is 19.3. The van der Waals surface area contributed by atoms with Crippen LogP contribution in [0.2, 0.25) is 5.02 Å². The van der Waals surface area contributed by atoms with Crippen molar-refractivity contribution < 1.29 is 14.4 Å². The van der Waals surface area contributed by atoms with E-state index in [1.54, 1.807) is 47.4 Å². The number of fused-ring (bicyclic) bond motifs is 1. The molecule has 2 N–H and O–H groups in total. The van der Waals surface area contributed by atoms with Gasteiger partial charge in [-0.15, -0.1) is 11.3 Å². The Hall–Kier alpha value is -3.44. The molecule has 3 aromatic carbocycles. The Morgan fingerprint density at radius 1 is 0.975 bits per heavy atom. The quantitative estimate of drug-likeness (QED) is 0.270. The highest BCUT2D eigenvalue weighted by Gasteiger charge is 2.24. The summed E-state index contributed by atoms with van der Waals surface area (Å²) in [6.45, 7) is 4.74. The zero-order chi connectivity index (χ0) is 28.2. The monoisotopic (exact) mass is 593 g/mol. The van der Waals surface area contributed by atoms with Gasteiger partial charge < -0.3 is 20.4 Å². The Morgan fingerprint density at radius 2 is 1.73 bits per heavy atom. The molecular formula is C29H28ClN5O3S2. The third-order valence-electron chi connectivity index (χ3n) is 6.69. The van der Waals surface area contributed by atoms with Gasteiger partial charge in [0.05, 0.1) is 27.1 Å². The summed E-state index contributed by atoms with van der Waals surface area (Å²) < 4.78 is 1.63. The number of hydrogen-bond acceptors (Lipinski definition) is 7. The number of anilines is 2. The number of piperazine rings is 1. The number of benzene rings is 3. The lowest BCUT2D eigenvalue weighted by atomic mass is 10.0. The molecule has 0 radical (unpaired) electrons. The number of nitrogens with one attached hydrogen (secondary N) is 2. The van der Waals surface area contributed by atoms with Gasteiger partial charge in [-0.25, -0.2) is 4.98 Å². The molecule has 1 aromatic heterocycles. The van der Waals surface area contributed by atoms with E-state index < -0.39 is 0 Å². The van der Waals surface area contributed by atoms with E-state index in [0.717, 1.165) is 33.2 Å². The Balaban J connectivity index is 1.23. The van der Waals surface area contributed by atoms with Gasteiger partial charge in [-0.05, 0) is 62.0 Å². The number of thiazole rings is 1. The van der Waals surface area contributed by atoms with E-state index in [1.165, 1.54) is 23.1 Å². The van der Waals surface area contributed by atoms with Gasteiger partial charge in [0.15, 0.2) is 4.34 Å². The highest BCUT2D eigenvalue weighted by Crippen LogP contribution is 2.32. The van der Waals surface area contributed by atoms with Crippen molar-refractivity contribution in [3.8, 4) is 0 Å². The average molecular weight is 594 g/mol. The normalized spacial score (nSPS) is 13.8. The predicted octanol–water partition coefficient (Wildman–Crippen LogP) is 5.63. The van der Waals surface area contributed by atoms with Crippen molar-refractivity contribution >= 4 is 74.0 Å². The third-order valence-corrected chi connectivity index (χ3v) is 9.26. The zero-order valence-corrected chi connectivity index (χ0v) is 24.5. The van der Waals surface area contributed by atoms with E-state index in [2.05, 4.69) is 20.5 Å². The second-order valence-electron chi connectivity index (χ2n) is 9.51. The van der Waals surface area contributed by atoms with Crippen LogP contribution in [0.15, 0.2) is 65.0 Å². The number of thioether (sulfide) groups is 1. The Kier molecular flexibility index (Phi) is 8.70. The molecular weight excluding hydrogens is 566 g/mol. The van der Waals surface area contributed by atoms with Gasteiger partial charge in [0.2, 0.25) is 5.91 Å². The molecule has 0 saturated carbocycles. The number of likely N-dealkylation sites (N-methyl/N-ethyl adjacent to an activating group) is 1. The molecule has 206 valence electrons. The van der Waals surface area contributed by atoms with Gasteiger partial charge in [0.1, 0.15) is 0 Å². The summed E-state index contributed by atoms with van der Waals surface area (Å²) in [5.41, 5.74) is 3.63. The lowest BCUT2D eigenvalue weighted by Crippen LogP contribution is -2.47. The summed E-state index contributed by atoms with van der Waals surface area (Å²) in [5.74, 6) is -0.419. The lowest BCUT2D eigenvalue weighted by Gasteiger charge is -2.32. The molecule has 4 aromatic rings. The maximum atomic E-state index is 13.2. The fourth-order valence-electron chi connectivity index (χ4n) is 4.35. The standard InChI is InChI=1S/C29H28ClN5O3S2/c1-18-22(30)8-5-9-23(18)32-26(36)17-39-29-33-24-11-10-19(16-25(24)40-29)31-27(37)20-6-3-4-7-21(20)28(38)35-14-12-34(2)13-15-35/h3-11,16H,12-15,17H2,1-2H3,(H,31,37)(H,32,36). The molecule has 1 aliphatic heterocycles. The van der Waals surface area contributed by atoms with Crippen molar-refractivity contribution in [2.75, 3.05) is 49.6 Å². The van der Waals surface area contributed by atoms with Gasteiger partial charge in [0.25, 0.3) is 11.8 Å². The van der Waals surface area contributed by atoms with Gasteiger partial charge in [0, 0.05) is 42.6 Å². The molecule has 2 heterocycles. The second kappa shape index (κ2) is 12.4. The number of halogens is 1. The number of hydrogen-bond donors (Lipinski definition) is 2. The van der Waals surface area contributed by atoms with Crippen molar-refractivity contribution in [3.05, 3.63) is 82.4 Å². The Morgan fingerprint density at radius 3 is 2.50 bits per heavy atom. The summed E-state index contributed by atoms with van der Waals surface area (Å²) in [5, 5.41) is 6.43. The lowest BCUT2D eigenvalue weighted by molar-refractivity contribution is -0.113. The fraction of sp³-hybridized carbons (Fsp3) is 0.241. The molecule has 0 spiro atoms. The van der Waals surface area contributed by atoms with Crippen LogP contribution in [0.4, 0.5) is 11.4 Å². The topological polar surface area (TPSA) is 94.6 Å². The maximum absolute atomic E-state index is 13.2. The first kappa shape index (κ1) is 28.1. The van der Waals surface area contributed by atoms with Crippen LogP contribution < -0.4 is 10.6 Å². The molecule has 8 nitrogen and oxygen atoms in total. The van der Waals surface area contributed by atoms with Crippen LogP contribution >= 0.6 is 34.7 Å². The minimum atomic E-state index is -0.343. The molecule has 0 aliphatic carbocycles. The van der Waals surface area contributed by atoms with E-state index in [4.69, 9.17) is 11.6 Å². The smallest absolute Gasteiger partial charge is 0.256 e. The van der Waals surface area contributed by atoms with E-state index in [0.29, 0.717) is 40.6 Å². The fourth-order valence-corrected chi connectivity index (χ4v) is 6.43. The number of nitrogens with zero attached hydrogens (tertiary/aromatic N) is 3. The first-order valence-electron chi connectivity index (χ1n) is 12.7. The molecule has 11 heteroatoms. The number of aromatic nitrogens is 1. The van der Waals surface area contributed by atoms with Gasteiger partial charge >= 0.3 is 0 Å². The van der Waals surface area contributed by atoms with Gasteiger partial charge in [-0.2, -0.15) is 0 Å². The maximum Gasteiger partial charge on any atom is 0.256 e. The number of carbonyl (C=O) groups excluding carboxylic acids is 3. The van der Waals surface area contributed by atoms with E-state index >= 15 is 0 Å². The second-order valence-corrected chi connectivity index (χ2v) is 12.2. The van der Waals surface area contributed by atoms with Crippen LogP contribution in [0.3, 0.4) is 0 Å². The summed E-state index contributed by atoms with van der Waals surface area (Å²) >= 11 is 8.94. The molecule has 1 aliphatic rings. The van der Waals surface area contributed by atoms with Crippen LogP contribution in [0, 0.1) is 6.92 Å². The van der Waals surface area contributed by atoms with E-state index in [1.807, 2.05) is 32.2 Å². The summed E-state index contributed by atoms with van der Waals surface area (Å²) in [7, 11) is 2.03. The molecule has 3 amide bonds. The highest BCUT2D eigenvalue weighted by atomic mass is 35.5. The number of carbonyl (C=O) groups is 3. The Bertz CT molecular complexity index is 1580. The molecule has 0 unspecified atom stereocenters. The molecule has 0 atom stereocenters. The number of rotatable bonds is 7. The molecule has 1 saturated heterocycles. The van der Waals surface area contributed by atoms with Crippen LogP contribution in [0.5, 0.6) is 0 Å². The van der Waals surface area contributed by atoms with Gasteiger partial charge in [-0.3, -0.25) is 14.4 Å². The van der Waals surface area contributed by atoms with Crippen LogP contribution in [-0.4, -0.2) is 71.5 Å². The van der Waals surface area contributed by atoms with Crippen molar-refractivity contribution in [2.45, 2.75) is 11.3 Å². The van der Waals surface area contributed by atoms with Crippen LogP contribution in [0.1, 0.15) is 26.3 Å². The van der Waals surface area contributed by atoms with Crippen molar-refractivity contribution in [1.82, 2.24) is 14.8 Å². The van der Waals surface area contributed by atoms with Crippen molar-refractivity contribution in [2.24, 2.45) is 0 Å². The van der Waals surface area contributed by atoms with Gasteiger partial charge in [-0.1, -0.05) is 41.6 Å². The third kappa shape index (κ3) is 6.47. The SMILES string of the molecule is Cc1c(Cl)cccc1NC(=O)CSc1nc2ccc(NC(=O)c3ccccc3C(=O)N3CCN(C)CC3)cc2s1. The zero-order valence-electron chi connectivity index (χ0n) is 22.1. The summed E-state index contributed by atoms with van der Waals surface area (Å²) in [6.07, 6.45) is 0. The molecule has 0 bridgehead atoms. The van der Waals surface area contributed by atoms with E-state index in [-0.39, 0.29) is 23.5 Å². The van der Waals surface area contributed by atoms with Crippen molar-refractivity contribution in [1.29, 1.82) is 0 Å². The molecule has 5 rings (SSSR count). The van der Waals surface area contributed by atoms with Crippen molar-refractivity contribution in [3.63, 3.8) is 0 Å². The molecule has 1 fully saturated rings. The summed E-state index contributed by atoms with van der Waals surface area (Å²) in [4.78, 5) is 47.5. The minimum absolute atomic E-state index is 0.131. The highest BCUT2D eigenvalue weighted by molar-refractivity contribution is 8.01. The Labute approximate surface area is 245 Å². The minimum Gasteiger partial charge on any atom is -0.336 e. The first-order valence-corrected chi connectivity index (χ1v) is 14.9.